The van der Waals surface area contributed by atoms with Gasteiger partial charge in [-0.05, 0) is 82.1 Å². The van der Waals surface area contributed by atoms with E-state index in [1.54, 1.807) is 6.92 Å². The largest absolute Gasteiger partial charge is 0.486 e. The van der Waals surface area contributed by atoms with Crippen LogP contribution in [0.15, 0.2) is 47.6 Å². The maximum Gasteiger partial charge on any atom is 0.344 e. The van der Waals surface area contributed by atoms with Gasteiger partial charge >= 0.3 is 5.97 Å². The number of hydrogen-bond acceptors (Lipinski definition) is 6. The van der Waals surface area contributed by atoms with Crippen molar-refractivity contribution in [3.05, 3.63) is 53.6 Å². The average Bonchev–Trinajstić information content (AvgIpc) is 2.83. The van der Waals surface area contributed by atoms with E-state index in [9.17, 15) is 4.79 Å². The van der Waals surface area contributed by atoms with Gasteiger partial charge in [0.2, 0.25) is 0 Å². The van der Waals surface area contributed by atoms with Gasteiger partial charge in [-0.25, -0.2) is 4.79 Å². The zero-order valence-electron chi connectivity index (χ0n) is 19.7. The highest BCUT2D eigenvalue weighted by Crippen LogP contribution is 2.43. The Bertz CT molecular complexity index is 1060. The Hall–Kier alpha value is -3.13. The topological polar surface area (TPSA) is 81.2 Å². The molecule has 1 spiro atoms. The predicted octanol–water partition coefficient (Wildman–Crippen LogP) is 5.11. The molecule has 0 bridgehead atoms. The highest BCUT2D eigenvalue weighted by molar-refractivity contribution is 7.80. The number of thiocarbonyl (C=S) groups is 1. The van der Waals surface area contributed by atoms with Crippen LogP contribution in [0.2, 0.25) is 0 Å². The first-order chi connectivity index (χ1) is 16.5. The summed E-state index contributed by atoms with van der Waals surface area (Å²) in [5, 5.41) is 8.27. The lowest BCUT2D eigenvalue weighted by Gasteiger charge is -2.41. The van der Waals surface area contributed by atoms with Gasteiger partial charge in [0.25, 0.3) is 0 Å². The third-order valence-electron chi connectivity index (χ3n) is 6.11. The number of rotatable bonds is 6. The highest BCUT2D eigenvalue weighted by atomic mass is 32.1. The van der Waals surface area contributed by atoms with E-state index in [1.165, 1.54) is 12.0 Å². The molecule has 8 heteroatoms. The molecule has 0 radical (unpaired) electrons. The third kappa shape index (κ3) is 6.05. The standard InChI is InChI=1S/C26H31N3O4S/c1-3-31-24(30)17-32-20-11-12-23-21(15-20)22(16-26(33-23)13-5-4-6-14-26)28-29-25(34)27-19-9-7-18(2)8-10-19/h7-12,15H,3-6,13-14,16-17H2,1-2H3,(H2,27,29,34)/b28-22+. The minimum atomic E-state index is -0.402. The Morgan fingerprint density at radius 3 is 2.65 bits per heavy atom. The molecule has 0 saturated heterocycles. The fourth-order valence-corrected chi connectivity index (χ4v) is 4.58. The van der Waals surface area contributed by atoms with E-state index >= 15 is 0 Å². The fourth-order valence-electron chi connectivity index (χ4n) is 4.42. The number of nitrogens with one attached hydrogen (secondary N) is 2. The number of esters is 1. The fraction of sp³-hybridized carbons (Fsp3) is 0.423. The van der Waals surface area contributed by atoms with E-state index in [0.717, 1.165) is 48.4 Å². The van der Waals surface area contributed by atoms with Crippen molar-refractivity contribution in [2.24, 2.45) is 5.10 Å². The maximum absolute atomic E-state index is 11.7. The van der Waals surface area contributed by atoms with Crippen molar-refractivity contribution in [3.63, 3.8) is 0 Å². The monoisotopic (exact) mass is 481 g/mol. The number of nitrogens with zero attached hydrogens (tertiary/aromatic N) is 1. The van der Waals surface area contributed by atoms with Gasteiger partial charge < -0.3 is 19.5 Å². The van der Waals surface area contributed by atoms with Crippen LogP contribution in [0.3, 0.4) is 0 Å². The molecule has 1 aliphatic carbocycles. The lowest BCUT2D eigenvalue weighted by atomic mass is 9.78. The number of hydrazone groups is 1. The summed E-state index contributed by atoms with van der Waals surface area (Å²) in [6, 6.07) is 13.6. The SMILES string of the molecule is CCOC(=O)COc1ccc2c(c1)/C(=N/NC(=S)Nc1ccc(C)cc1)CC1(CCCCC1)O2. The van der Waals surface area contributed by atoms with Crippen LogP contribution in [0.1, 0.15) is 56.6 Å². The van der Waals surface area contributed by atoms with Crippen LogP contribution in [0.5, 0.6) is 11.5 Å². The number of ether oxygens (including phenoxy) is 3. The van der Waals surface area contributed by atoms with E-state index in [1.807, 2.05) is 49.4 Å². The molecule has 0 amide bonds. The summed E-state index contributed by atoms with van der Waals surface area (Å²) in [5.74, 6) is 0.929. The summed E-state index contributed by atoms with van der Waals surface area (Å²) >= 11 is 5.47. The minimum Gasteiger partial charge on any atom is -0.486 e. The second-order valence-corrected chi connectivity index (χ2v) is 9.17. The summed E-state index contributed by atoms with van der Waals surface area (Å²) < 4.78 is 17.1. The zero-order valence-corrected chi connectivity index (χ0v) is 20.5. The number of aryl methyl sites for hydroxylation is 1. The summed E-state index contributed by atoms with van der Waals surface area (Å²) in [6.07, 6.45) is 6.20. The van der Waals surface area contributed by atoms with Crippen LogP contribution in [-0.2, 0) is 9.53 Å². The van der Waals surface area contributed by atoms with Crippen LogP contribution < -0.4 is 20.2 Å². The van der Waals surface area contributed by atoms with Gasteiger partial charge in [0.1, 0.15) is 17.1 Å². The zero-order chi connectivity index (χ0) is 24.0. The molecule has 0 atom stereocenters. The van der Waals surface area contributed by atoms with Gasteiger partial charge in [0, 0.05) is 17.7 Å². The average molecular weight is 482 g/mol. The molecule has 2 aromatic carbocycles. The molecule has 2 aliphatic rings. The summed E-state index contributed by atoms with van der Waals surface area (Å²) in [5.41, 5.74) is 6.53. The number of benzene rings is 2. The quantitative estimate of drug-likeness (QED) is 0.337. The van der Waals surface area contributed by atoms with Crippen LogP contribution >= 0.6 is 12.2 Å². The van der Waals surface area contributed by atoms with Crippen molar-refractivity contribution in [1.82, 2.24) is 5.43 Å². The highest BCUT2D eigenvalue weighted by Gasteiger charge is 2.40. The van der Waals surface area contributed by atoms with Crippen molar-refractivity contribution in [2.75, 3.05) is 18.5 Å². The van der Waals surface area contributed by atoms with Crippen LogP contribution in [-0.4, -0.2) is 35.6 Å². The number of anilines is 1. The Morgan fingerprint density at radius 1 is 1.15 bits per heavy atom. The predicted molar refractivity (Wildman–Crippen MR) is 137 cm³/mol. The Kier molecular flexibility index (Phi) is 7.67. The first kappa shape index (κ1) is 24.0. The normalized spacial score (nSPS) is 17.4. The summed E-state index contributed by atoms with van der Waals surface area (Å²) in [7, 11) is 0. The van der Waals surface area contributed by atoms with Crippen molar-refractivity contribution < 1.29 is 19.0 Å². The van der Waals surface area contributed by atoms with Gasteiger partial charge in [-0.2, -0.15) is 5.10 Å². The van der Waals surface area contributed by atoms with Gasteiger partial charge in [-0.15, -0.1) is 0 Å². The Balaban J connectivity index is 1.53. The van der Waals surface area contributed by atoms with Crippen molar-refractivity contribution in [3.8, 4) is 11.5 Å². The molecular formula is C26H31N3O4S. The molecule has 2 aromatic rings. The smallest absolute Gasteiger partial charge is 0.344 e. The molecule has 1 saturated carbocycles. The Morgan fingerprint density at radius 2 is 1.91 bits per heavy atom. The molecular weight excluding hydrogens is 450 g/mol. The van der Waals surface area contributed by atoms with Gasteiger partial charge in [-0.1, -0.05) is 24.1 Å². The Labute approximate surface area is 205 Å². The van der Waals surface area contributed by atoms with Crippen LogP contribution in [0.4, 0.5) is 5.69 Å². The van der Waals surface area contributed by atoms with Crippen molar-refractivity contribution in [2.45, 2.75) is 58.0 Å². The van der Waals surface area contributed by atoms with Crippen LogP contribution in [0.25, 0.3) is 0 Å². The molecule has 180 valence electrons. The van der Waals surface area contributed by atoms with Crippen molar-refractivity contribution >= 4 is 34.7 Å². The molecule has 0 aromatic heterocycles. The molecule has 4 rings (SSSR count). The lowest BCUT2D eigenvalue weighted by Crippen LogP contribution is -2.44. The number of fused-ring (bicyclic) bond motifs is 1. The van der Waals surface area contributed by atoms with Gasteiger partial charge in [-0.3, -0.25) is 5.43 Å². The first-order valence-corrected chi connectivity index (χ1v) is 12.2. The number of hydrogen-bond donors (Lipinski definition) is 2. The molecule has 0 unspecified atom stereocenters. The number of carbonyl (C=O) groups is 1. The van der Waals surface area contributed by atoms with Gasteiger partial charge in [0.05, 0.1) is 12.3 Å². The molecule has 1 aliphatic heterocycles. The molecule has 34 heavy (non-hydrogen) atoms. The second kappa shape index (κ2) is 10.9. The van der Waals surface area contributed by atoms with Crippen molar-refractivity contribution in [1.29, 1.82) is 0 Å². The van der Waals surface area contributed by atoms with Crippen LogP contribution in [0, 0.1) is 6.92 Å². The maximum atomic E-state index is 11.7. The molecule has 2 N–H and O–H groups in total. The van der Waals surface area contributed by atoms with E-state index in [-0.39, 0.29) is 12.2 Å². The third-order valence-corrected chi connectivity index (χ3v) is 6.30. The number of carbonyl (C=O) groups excluding carboxylic acids is 1. The van der Waals surface area contributed by atoms with E-state index in [4.69, 9.17) is 26.4 Å². The van der Waals surface area contributed by atoms with Gasteiger partial charge in [0.15, 0.2) is 11.7 Å². The summed E-state index contributed by atoms with van der Waals surface area (Å²) in [6.45, 7) is 3.98. The first-order valence-electron chi connectivity index (χ1n) is 11.8. The minimum absolute atomic E-state index is 0.146. The summed E-state index contributed by atoms with van der Waals surface area (Å²) in [4.78, 5) is 11.7. The van der Waals surface area contributed by atoms with E-state index in [2.05, 4.69) is 15.8 Å². The second-order valence-electron chi connectivity index (χ2n) is 8.76. The molecule has 1 fully saturated rings. The van der Waals surface area contributed by atoms with E-state index < -0.39 is 5.97 Å². The molecule has 7 nitrogen and oxygen atoms in total. The van der Waals surface area contributed by atoms with E-state index in [0.29, 0.717) is 23.9 Å². The lowest BCUT2D eigenvalue weighted by molar-refractivity contribution is -0.145. The molecule has 1 heterocycles.